The number of esters is 1. The van der Waals surface area contributed by atoms with Crippen LogP contribution in [0.15, 0.2) is 30.9 Å². The van der Waals surface area contributed by atoms with E-state index in [2.05, 4.69) is 15.0 Å². The summed E-state index contributed by atoms with van der Waals surface area (Å²) in [6.45, 7) is 2.00. The lowest BCUT2D eigenvalue weighted by Gasteiger charge is -2.07. The van der Waals surface area contributed by atoms with Crippen molar-refractivity contribution < 1.29 is 9.53 Å². The number of pyridine rings is 1. The molecular formula is C13H12ClN3O2. The molecule has 0 saturated carbocycles. The van der Waals surface area contributed by atoms with Crippen molar-refractivity contribution in [2.45, 2.75) is 20.0 Å². The van der Waals surface area contributed by atoms with E-state index in [1.54, 1.807) is 24.5 Å². The standard InChI is InChI=1S/C13H12ClN3O2/c1-9-11(2-3-12(14)17-9)7-19-13(18)4-10-5-15-8-16-6-10/h2-3,5-6,8H,4,7H2,1H3. The zero-order valence-corrected chi connectivity index (χ0v) is 11.1. The number of carbonyl (C=O) groups is 1. The predicted octanol–water partition coefficient (Wildman–Crippen LogP) is 2.12. The van der Waals surface area contributed by atoms with Gasteiger partial charge in [-0.3, -0.25) is 4.79 Å². The quantitative estimate of drug-likeness (QED) is 0.633. The van der Waals surface area contributed by atoms with Crippen LogP contribution in [-0.4, -0.2) is 20.9 Å². The van der Waals surface area contributed by atoms with E-state index in [-0.39, 0.29) is 19.0 Å². The Kier molecular flexibility index (Phi) is 4.41. The fourth-order valence-electron chi connectivity index (χ4n) is 1.51. The largest absolute Gasteiger partial charge is 0.460 e. The van der Waals surface area contributed by atoms with Crippen molar-refractivity contribution in [2.24, 2.45) is 0 Å². The molecule has 0 saturated heterocycles. The molecule has 0 unspecified atom stereocenters. The first kappa shape index (κ1) is 13.4. The number of carbonyl (C=O) groups excluding carboxylic acids is 1. The molecule has 0 spiro atoms. The molecule has 0 aliphatic rings. The number of nitrogens with zero attached hydrogens (tertiary/aromatic N) is 3. The number of ether oxygens (including phenoxy) is 1. The molecule has 5 nitrogen and oxygen atoms in total. The van der Waals surface area contributed by atoms with Crippen molar-refractivity contribution in [3.63, 3.8) is 0 Å². The van der Waals surface area contributed by atoms with Crippen LogP contribution in [-0.2, 0) is 22.6 Å². The van der Waals surface area contributed by atoms with Gasteiger partial charge in [-0.25, -0.2) is 15.0 Å². The van der Waals surface area contributed by atoms with Crippen LogP contribution in [0.4, 0.5) is 0 Å². The molecule has 0 aliphatic heterocycles. The third-order valence-electron chi connectivity index (χ3n) is 2.51. The monoisotopic (exact) mass is 277 g/mol. The van der Waals surface area contributed by atoms with Crippen molar-refractivity contribution >= 4 is 17.6 Å². The molecule has 98 valence electrons. The molecule has 0 bridgehead atoms. The predicted molar refractivity (Wildman–Crippen MR) is 69.5 cm³/mol. The molecule has 2 aromatic heterocycles. The second-order valence-corrected chi connectivity index (χ2v) is 4.35. The highest BCUT2D eigenvalue weighted by Gasteiger charge is 2.07. The molecule has 0 aromatic carbocycles. The summed E-state index contributed by atoms with van der Waals surface area (Å²) in [6.07, 6.45) is 4.74. The Labute approximate surface area is 115 Å². The Hall–Kier alpha value is -2.01. The summed E-state index contributed by atoms with van der Waals surface area (Å²) in [7, 11) is 0. The molecule has 0 atom stereocenters. The maximum absolute atomic E-state index is 11.6. The number of rotatable bonds is 4. The van der Waals surface area contributed by atoms with Crippen molar-refractivity contribution in [3.05, 3.63) is 52.8 Å². The van der Waals surface area contributed by atoms with Crippen LogP contribution < -0.4 is 0 Å². The van der Waals surface area contributed by atoms with Crippen LogP contribution in [0.2, 0.25) is 5.15 Å². The molecule has 0 aliphatic carbocycles. The Bertz CT molecular complexity index is 575. The SMILES string of the molecule is Cc1nc(Cl)ccc1COC(=O)Cc1cncnc1. The summed E-state index contributed by atoms with van der Waals surface area (Å²) in [4.78, 5) is 23.4. The summed E-state index contributed by atoms with van der Waals surface area (Å²) in [5.41, 5.74) is 2.31. The minimum atomic E-state index is -0.329. The van der Waals surface area contributed by atoms with E-state index in [9.17, 15) is 4.79 Å². The lowest BCUT2D eigenvalue weighted by molar-refractivity contribution is -0.144. The number of aryl methyl sites for hydroxylation is 1. The summed E-state index contributed by atoms with van der Waals surface area (Å²) in [5, 5.41) is 0.425. The first-order valence-electron chi connectivity index (χ1n) is 5.66. The third-order valence-corrected chi connectivity index (χ3v) is 2.72. The van der Waals surface area contributed by atoms with E-state index in [0.29, 0.717) is 5.15 Å². The van der Waals surface area contributed by atoms with E-state index in [1.807, 2.05) is 6.92 Å². The summed E-state index contributed by atoms with van der Waals surface area (Å²) in [6, 6.07) is 3.46. The molecule has 6 heteroatoms. The van der Waals surface area contributed by atoms with Crippen molar-refractivity contribution in [1.29, 1.82) is 0 Å². The topological polar surface area (TPSA) is 65.0 Å². The summed E-state index contributed by atoms with van der Waals surface area (Å²) < 4.78 is 5.18. The first-order chi connectivity index (χ1) is 9.15. The van der Waals surface area contributed by atoms with Gasteiger partial charge in [0.15, 0.2) is 0 Å². The van der Waals surface area contributed by atoms with E-state index in [1.165, 1.54) is 6.33 Å². The second-order valence-electron chi connectivity index (χ2n) is 3.96. The van der Waals surface area contributed by atoms with E-state index < -0.39 is 0 Å². The van der Waals surface area contributed by atoms with Gasteiger partial charge >= 0.3 is 5.97 Å². The van der Waals surface area contributed by atoms with Gasteiger partial charge in [0.1, 0.15) is 18.1 Å². The number of halogens is 1. The zero-order chi connectivity index (χ0) is 13.7. The number of hydrogen-bond acceptors (Lipinski definition) is 5. The van der Waals surface area contributed by atoms with Gasteiger partial charge in [-0.05, 0) is 18.6 Å². The fraction of sp³-hybridized carbons (Fsp3) is 0.231. The van der Waals surface area contributed by atoms with Gasteiger partial charge in [0, 0.05) is 23.7 Å². The van der Waals surface area contributed by atoms with E-state index in [0.717, 1.165) is 16.8 Å². The van der Waals surface area contributed by atoms with Gasteiger partial charge in [0.2, 0.25) is 0 Å². The van der Waals surface area contributed by atoms with Crippen molar-refractivity contribution in [2.75, 3.05) is 0 Å². The van der Waals surface area contributed by atoms with Gasteiger partial charge in [-0.2, -0.15) is 0 Å². The highest BCUT2D eigenvalue weighted by Crippen LogP contribution is 2.12. The zero-order valence-electron chi connectivity index (χ0n) is 10.3. The van der Waals surface area contributed by atoms with Gasteiger partial charge in [-0.1, -0.05) is 17.7 Å². The maximum atomic E-state index is 11.6. The van der Waals surface area contributed by atoms with E-state index >= 15 is 0 Å². The summed E-state index contributed by atoms with van der Waals surface area (Å²) >= 11 is 5.75. The molecule has 19 heavy (non-hydrogen) atoms. The van der Waals surface area contributed by atoms with Crippen molar-refractivity contribution in [3.8, 4) is 0 Å². The summed E-state index contributed by atoms with van der Waals surface area (Å²) in [5.74, 6) is -0.329. The van der Waals surface area contributed by atoms with Crippen LogP contribution in [0.25, 0.3) is 0 Å². The minimum Gasteiger partial charge on any atom is -0.460 e. The Morgan fingerprint density at radius 3 is 2.74 bits per heavy atom. The minimum absolute atomic E-state index is 0.154. The highest BCUT2D eigenvalue weighted by atomic mass is 35.5. The Balaban J connectivity index is 1.90. The van der Waals surface area contributed by atoms with Crippen LogP contribution in [0, 0.1) is 6.92 Å². The fourth-order valence-corrected chi connectivity index (χ4v) is 1.70. The average molecular weight is 278 g/mol. The molecule has 2 aromatic rings. The second kappa shape index (κ2) is 6.24. The van der Waals surface area contributed by atoms with Crippen LogP contribution in [0.5, 0.6) is 0 Å². The van der Waals surface area contributed by atoms with Crippen LogP contribution in [0.1, 0.15) is 16.8 Å². The molecule has 0 fully saturated rings. The molecule has 0 N–H and O–H groups in total. The van der Waals surface area contributed by atoms with Crippen LogP contribution >= 0.6 is 11.6 Å². The smallest absolute Gasteiger partial charge is 0.310 e. The Morgan fingerprint density at radius 2 is 2.05 bits per heavy atom. The lowest BCUT2D eigenvalue weighted by Crippen LogP contribution is -2.09. The molecule has 2 rings (SSSR count). The molecule has 0 amide bonds. The van der Waals surface area contributed by atoms with Gasteiger partial charge < -0.3 is 4.74 Å². The maximum Gasteiger partial charge on any atom is 0.310 e. The first-order valence-corrected chi connectivity index (χ1v) is 6.04. The van der Waals surface area contributed by atoms with Crippen LogP contribution in [0.3, 0.4) is 0 Å². The highest BCUT2D eigenvalue weighted by molar-refractivity contribution is 6.29. The van der Waals surface area contributed by atoms with E-state index in [4.69, 9.17) is 16.3 Å². The average Bonchev–Trinajstić information content (AvgIpc) is 2.39. The van der Waals surface area contributed by atoms with Gasteiger partial charge in [0.25, 0.3) is 0 Å². The number of hydrogen-bond donors (Lipinski definition) is 0. The molecular weight excluding hydrogens is 266 g/mol. The lowest BCUT2D eigenvalue weighted by atomic mass is 10.2. The van der Waals surface area contributed by atoms with Gasteiger partial charge in [-0.15, -0.1) is 0 Å². The Morgan fingerprint density at radius 1 is 1.32 bits per heavy atom. The third kappa shape index (κ3) is 3.99. The number of aromatic nitrogens is 3. The van der Waals surface area contributed by atoms with Gasteiger partial charge in [0.05, 0.1) is 6.42 Å². The molecule has 0 radical (unpaired) electrons. The molecule has 2 heterocycles. The van der Waals surface area contributed by atoms with Crippen molar-refractivity contribution in [1.82, 2.24) is 15.0 Å². The normalized spacial score (nSPS) is 10.2.